The second-order valence-corrected chi connectivity index (χ2v) is 3.62. The molecule has 0 heterocycles. The molecule has 1 aromatic carbocycles. The lowest BCUT2D eigenvalue weighted by molar-refractivity contribution is -0.175. The molecule has 94 valence electrons. The molecule has 0 spiro atoms. The number of rotatable bonds is 3. The molecule has 6 heteroatoms. The van der Waals surface area contributed by atoms with Gasteiger partial charge in [-0.1, -0.05) is 30.3 Å². The molecule has 0 aliphatic heterocycles. The molecule has 0 aliphatic carbocycles. The first-order valence-corrected chi connectivity index (χ1v) is 4.93. The Morgan fingerprint density at radius 2 is 1.82 bits per heavy atom. The maximum atomic E-state index is 12.0. The number of aliphatic hydroxyl groups excluding tert-OH is 1. The quantitative estimate of drug-likeness (QED) is 0.855. The molecule has 1 amide bonds. The Kier molecular flexibility index (Phi) is 4.11. The predicted molar refractivity (Wildman–Crippen MR) is 55.1 cm³/mol. The highest BCUT2D eigenvalue weighted by Crippen LogP contribution is 2.19. The van der Waals surface area contributed by atoms with Crippen molar-refractivity contribution >= 4 is 5.91 Å². The summed E-state index contributed by atoms with van der Waals surface area (Å²) in [7, 11) is 0. The Hall–Kier alpha value is -1.56. The molecule has 0 unspecified atom stereocenters. The van der Waals surface area contributed by atoms with E-state index in [2.05, 4.69) is 0 Å². The predicted octanol–water partition coefficient (Wildman–Crippen LogP) is 1.79. The third kappa shape index (κ3) is 3.74. The van der Waals surface area contributed by atoms with E-state index in [1.54, 1.807) is 35.6 Å². The van der Waals surface area contributed by atoms with Crippen LogP contribution in [-0.4, -0.2) is 23.2 Å². The monoisotopic (exact) mass is 247 g/mol. The molecule has 0 saturated heterocycles. The van der Waals surface area contributed by atoms with Gasteiger partial charge in [-0.15, -0.1) is 0 Å². The molecule has 2 atom stereocenters. The maximum Gasteiger partial charge on any atom is 0.471 e. The van der Waals surface area contributed by atoms with Gasteiger partial charge in [-0.25, -0.2) is 0 Å². The van der Waals surface area contributed by atoms with Gasteiger partial charge in [0.05, 0.1) is 12.1 Å². The van der Waals surface area contributed by atoms with Crippen LogP contribution in [0.3, 0.4) is 0 Å². The third-order valence-corrected chi connectivity index (χ3v) is 2.23. The van der Waals surface area contributed by atoms with E-state index in [0.717, 1.165) is 0 Å². The summed E-state index contributed by atoms with van der Waals surface area (Å²) in [5.74, 6) is -2.06. The molecule has 0 fully saturated rings. The van der Waals surface area contributed by atoms with Gasteiger partial charge in [0, 0.05) is 0 Å². The Bertz CT molecular complexity index is 378. The lowest BCUT2D eigenvalue weighted by atomic mass is 10.0. The first-order chi connectivity index (χ1) is 7.82. The molecule has 0 aliphatic rings. The minimum absolute atomic E-state index is 0.447. The number of halogens is 3. The van der Waals surface area contributed by atoms with Crippen molar-refractivity contribution in [3.05, 3.63) is 35.9 Å². The summed E-state index contributed by atoms with van der Waals surface area (Å²) in [4.78, 5) is 10.7. The average molecular weight is 247 g/mol. The van der Waals surface area contributed by atoms with Crippen molar-refractivity contribution < 1.29 is 23.1 Å². The molecule has 3 nitrogen and oxygen atoms in total. The Morgan fingerprint density at radius 1 is 1.29 bits per heavy atom. The maximum absolute atomic E-state index is 12.0. The van der Waals surface area contributed by atoms with Gasteiger partial charge in [0.2, 0.25) is 0 Å². The summed E-state index contributed by atoms with van der Waals surface area (Å²) >= 11 is 0. The largest absolute Gasteiger partial charge is 0.471 e. The Labute approximate surface area is 96.3 Å². The smallest absolute Gasteiger partial charge is 0.386 e. The van der Waals surface area contributed by atoms with Gasteiger partial charge < -0.3 is 10.4 Å². The van der Waals surface area contributed by atoms with Crippen LogP contribution in [0.2, 0.25) is 0 Å². The van der Waals surface area contributed by atoms with Gasteiger partial charge in [0.15, 0.2) is 0 Å². The van der Waals surface area contributed by atoms with Gasteiger partial charge in [-0.3, -0.25) is 4.79 Å². The van der Waals surface area contributed by atoms with Gasteiger partial charge in [-0.2, -0.15) is 13.2 Å². The van der Waals surface area contributed by atoms with Crippen molar-refractivity contribution in [1.29, 1.82) is 0 Å². The number of hydrogen-bond donors (Lipinski definition) is 2. The van der Waals surface area contributed by atoms with Crippen LogP contribution in [0, 0.1) is 0 Å². The van der Waals surface area contributed by atoms with E-state index in [0.29, 0.717) is 5.56 Å². The molecule has 1 rings (SSSR count). The van der Waals surface area contributed by atoms with Crippen molar-refractivity contribution in [1.82, 2.24) is 5.32 Å². The van der Waals surface area contributed by atoms with E-state index in [4.69, 9.17) is 0 Å². The molecular weight excluding hydrogens is 235 g/mol. The van der Waals surface area contributed by atoms with E-state index in [1.165, 1.54) is 6.92 Å². The molecule has 17 heavy (non-hydrogen) atoms. The molecular formula is C11H12F3NO2. The van der Waals surface area contributed by atoms with Crippen molar-refractivity contribution in [2.75, 3.05) is 0 Å². The van der Waals surface area contributed by atoms with Crippen LogP contribution in [0.15, 0.2) is 30.3 Å². The highest BCUT2D eigenvalue weighted by atomic mass is 19.4. The normalized spacial score (nSPS) is 15.1. The molecule has 0 aromatic heterocycles. The van der Waals surface area contributed by atoms with Crippen molar-refractivity contribution in [3.63, 3.8) is 0 Å². The lowest BCUT2D eigenvalue weighted by Crippen LogP contribution is -2.44. The summed E-state index contributed by atoms with van der Waals surface area (Å²) in [5.41, 5.74) is 0.447. The van der Waals surface area contributed by atoms with Crippen LogP contribution in [0.4, 0.5) is 13.2 Å². The van der Waals surface area contributed by atoms with E-state index in [1.807, 2.05) is 0 Å². The Morgan fingerprint density at radius 3 is 2.29 bits per heavy atom. The first-order valence-electron chi connectivity index (χ1n) is 4.93. The molecule has 2 N–H and O–H groups in total. The summed E-state index contributed by atoms with van der Waals surface area (Å²) in [5, 5.41) is 11.4. The molecule has 0 bridgehead atoms. The lowest BCUT2D eigenvalue weighted by Gasteiger charge is -2.21. The van der Waals surface area contributed by atoms with Crippen LogP contribution in [0.25, 0.3) is 0 Å². The number of carbonyl (C=O) groups excluding carboxylic acids is 1. The zero-order valence-corrected chi connectivity index (χ0v) is 9.03. The Balaban J connectivity index is 2.66. The SMILES string of the molecule is C[C@@H](NC(=O)C(F)(F)F)[C@H](O)c1ccccc1. The molecule has 0 saturated carbocycles. The second kappa shape index (κ2) is 5.18. The van der Waals surface area contributed by atoms with Crippen molar-refractivity contribution in [2.45, 2.75) is 25.2 Å². The van der Waals surface area contributed by atoms with Crippen LogP contribution >= 0.6 is 0 Å². The highest BCUT2D eigenvalue weighted by Gasteiger charge is 2.39. The van der Waals surface area contributed by atoms with Crippen molar-refractivity contribution in [3.8, 4) is 0 Å². The summed E-state index contributed by atoms with van der Waals surface area (Å²) in [6.07, 6.45) is -6.12. The van der Waals surface area contributed by atoms with E-state index < -0.39 is 24.2 Å². The van der Waals surface area contributed by atoms with Crippen LogP contribution in [0.5, 0.6) is 0 Å². The summed E-state index contributed by atoms with van der Waals surface area (Å²) in [6.45, 7) is 1.31. The van der Waals surface area contributed by atoms with Gasteiger partial charge >= 0.3 is 12.1 Å². The standard InChI is InChI=1S/C11H12F3NO2/c1-7(15-10(17)11(12,13)14)9(16)8-5-3-2-4-6-8/h2-7,9,16H,1H3,(H,15,17)/t7-,9+/m1/s1. The van der Waals surface area contributed by atoms with Crippen LogP contribution in [-0.2, 0) is 4.79 Å². The van der Waals surface area contributed by atoms with E-state index >= 15 is 0 Å². The summed E-state index contributed by atoms with van der Waals surface area (Å²) < 4.78 is 35.9. The number of hydrogen-bond acceptors (Lipinski definition) is 2. The number of carbonyl (C=O) groups is 1. The zero-order chi connectivity index (χ0) is 13.1. The zero-order valence-electron chi connectivity index (χ0n) is 9.03. The number of amides is 1. The molecule has 0 radical (unpaired) electrons. The number of nitrogens with one attached hydrogen (secondary N) is 1. The minimum atomic E-state index is -4.94. The first kappa shape index (κ1) is 13.5. The number of alkyl halides is 3. The number of benzene rings is 1. The van der Waals surface area contributed by atoms with E-state index in [9.17, 15) is 23.1 Å². The number of aliphatic hydroxyl groups is 1. The van der Waals surface area contributed by atoms with Crippen molar-refractivity contribution in [2.24, 2.45) is 0 Å². The second-order valence-electron chi connectivity index (χ2n) is 3.62. The van der Waals surface area contributed by atoms with Crippen LogP contribution < -0.4 is 5.32 Å². The molecule has 1 aromatic rings. The average Bonchev–Trinajstić information content (AvgIpc) is 2.27. The van der Waals surface area contributed by atoms with Gasteiger partial charge in [0.25, 0.3) is 0 Å². The fourth-order valence-electron chi connectivity index (χ4n) is 1.31. The fourth-order valence-corrected chi connectivity index (χ4v) is 1.31. The highest BCUT2D eigenvalue weighted by molar-refractivity contribution is 5.81. The van der Waals surface area contributed by atoms with Gasteiger partial charge in [-0.05, 0) is 12.5 Å². The third-order valence-electron chi connectivity index (χ3n) is 2.23. The van der Waals surface area contributed by atoms with E-state index in [-0.39, 0.29) is 0 Å². The summed E-state index contributed by atoms with van der Waals surface area (Å²) in [6, 6.07) is 7.14. The topological polar surface area (TPSA) is 49.3 Å². The van der Waals surface area contributed by atoms with Crippen LogP contribution in [0.1, 0.15) is 18.6 Å². The van der Waals surface area contributed by atoms with Gasteiger partial charge in [0.1, 0.15) is 0 Å². The fraction of sp³-hybridized carbons (Fsp3) is 0.364. The minimum Gasteiger partial charge on any atom is -0.386 e.